The molecule has 0 radical (unpaired) electrons. The molecule has 7 heteroatoms. The van der Waals surface area contributed by atoms with Gasteiger partial charge in [0, 0.05) is 17.8 Å². The first-order valence-corrected chi connectivity index (χ1v) is 8.78. The zero-order valence-electron chi connectivity index (χ0n) is 11.3. The van der Waals surface area contributed by atoms with E-state index in [9.17, 15) is 13.2 Å². The number of hydrogen-bond acceptors (Lipinski definition) is 4. The highest BCUT2D eigenvalue weighted by Crippen LogP contribution is 2.08. The summed E-state index contributed by atoms with van der Waals surface area (Å²) in [5, 5.41) is 4.69. The summed E-state index contributed by atoms with van der Waals surface area (Å²) in [6, 6.07) is 11.9. The van der Waals surface area contributed by atoms with Gasteiger partial charge >= 0.3 is 0 Å². The molecule has 0 spiro atoms. The van der Waals surface area contributed by atoms with Gasteiger partial charge in [-0.3, -0.25) is 4.79 Å². The molecule has 1 amide bonds. The van der Waals surface area contributed by atoms with Crippen molar-refractivity contribution < 1.29 is 13.2 Å². The van der Waals surface area contributed by atoms with Crippen molar-refractivity contribution >= 4 is 27.3 Å². The number of carbonyl (C=O) groups excluding carboxylic acids is 1. The van der Waals surface area contributed by atoms with Gasteiger partial charge in [-0.05, 0) is 23.6 Å². The van der Waals surface area contributed by atoms with Crippen LogP contribution in [0.2, 0.25) is 0 Å². The second-order valence-electron chi connectivity index (χ2n) is 4.32. The number of amides is 1. The van der Waals surface area contributed by atoms with Crippen LogP contribution in [0.1, 0.15) is 11.3 Å². The van der Waals surface area contributed by atoms with E-state index < -0.39 is 10.0 Å². The maximum Gasteiger partial charge on any atom is 0.240 e. The number of thiophene rings is 1. The molecule has 2 aromatic rings. The second-order valence-corrected chi connectivity index (χ2v) is 7.12. The maximum absolute atomic E-state index is 11.9. The van der Waals surface area contributed by atoms with Crippen molar-refractivity contribution in [1.82, 2.24) is 10.0 Å². The zero-order valence-corrected chi connectivity index (χ0v) is 12.9. The number of nitrogens with one attached hydrogen (secondary N) is 2. The van der Waals surface area contributed by atoms with Gasteiger partial charge in [0.1, 0.15) is 0 Å². The van der Waals surface area contributed by atoms with Crippen LogP contribution in [0, 0.1) is 0 Å². The third-order valence-electron chi connectivity index (χ3n) is 2.74. The number of hydrogen-bond donors (Lipinski definition) is 2. The largest absolute Gasteiger partial charge is 0.351 e. The van der Waals surface area contributed by atoms with Gasteiger partial charge in [0.2, 0.25) is 15.9 Å². The molecular formula is C14H16N2O3S2. The Morgan fingerprint density at radius 3 is 2.52 bits per heavy atom. The third-order valence-corrected chi connectivity index (χ3v) is 5.09. The van der Waals surface area contributed by atoms with Crippen molar-refractivity contribution in [2.24, 2.45) is 0 Å². The lowest BCUT2D eigenvalue weighted by Gasteiger charge is -2.07. The van der Waals surface area contributed by atoms with E-state index in [-0.39, 0.29) is 23.8 Å². The molecule has 21 heavy (non-hydrogen) atoms. The van der Waals surface area contributed by atoms with Crippen molar-refractivity contribution in [2.45, 2.75) is 17.9 Å². The van der Waals surface area contributed by atoms with E-state index in [0.29, 0.717) is 6.54 Å². The minimum absolute atomic E-state index is 0.0769. The van der Waals surface area contributed by atoms with Gasteiger partial charge in [0.05, 0.1) is 11.4 Å². The van der Waals surface area contributed by atoms with Crippen molar-refractivity contribution in [3.8, 4) is 0 Å². The first kappa shape index (κ1) is 15.7. The van der Waals surface area contributed by atoms with Gasteiger partial charge in [-0.25, -0.2) is 13.1 Å². The van der Waals surface area contributed by atoms with E-state index >= 15 is 0 Å². The minimum atomic E-state index is -3.54. The second kappa shape index (κ2) is 7.35. The average Bonchev–Trinajstić information content (AvgIpc) is 2.99. The van der Waals surface area contributed by atoms with Crippen LogP contribution in [0.5, 0.6) is 0 Å². The van der Waals surface area contributed by atoms with Gasteiger partial charge in [-0.15, -0.1) is 11.3 Å². The quantitative estimate of drug-likeness (QED) is 0.814. The van der Waals surface area contributed by atoms with Gasteiger partial charge in [-0.2, -0.15) is 0 Å². The Morgan fingerprint density at radius 1 is 1.10 bits per heavy atom. The van der Waals surface area contributed by atoms with Crippen LogP contribution < -0.4 is 10.0 Å². The fraction of sp³-hybridized carbons (Fsp3) is 0.214. The van der Waals surface area contributed by atoms with Crippen molar-refractivity contribution in [2.75, 3.05) is 6.54 Å². The molecule has 0 bridgehead atoms. The average molecular weight is 324 g/mol. The molecule has 0 saturated heterocycles. The van der Waals surface area contributed by atoms with Crippen molar-refractivity contribution in [3.05, 3.63) is 52.7 Å². The predicted octanol–water partition coefficient (Wildman–Crippen LogP) is 1.73. The Balaban J connectivity index is 1.75. The Labute approximate surface area is 128 Å². The fourth-order valence-corrected chi connectivity index (χ4v) is 3.37. The maximum atomic E-state index is 11.9. The first-order chi connectivity index (χ1) is 10.1. The lowest BCUT2D eigenvalue weighted by atomic mass is 10.4. The molecule has 0 aliphatic rings. The van der Waals surface area contributed by atoms with Crippen LogP contribution in [-0.4, -0.2) is 20.9 Å². The molecule has 2 N–H and O–H groups in total. The number of carbonyl (C=O) groups is 1. The highest BCUT2D eigenvalue weighted by molar-refractivity contribution is 7.89. The molecule has 1 aromatic carbocycles. The normalized spacial score (nSPS) is 11.2. The number of sulfonamides is 1. The van der Waals surface area contributed by atoms with Crippen LogP contribution in [0.15, 0.2) is 52.7 Å². The van der Waals surface area contributed by atoms with Crippen molar-refractivity contribution in [1.29, 1.82) is 0 Å². The van der Waals surface area contributed by atoms with E-state index in [1.807, 2.05) is 17.5 Å². The van der Waals surface area contributed by atoms with E-state index in [1.54, 1.807) is 29.5 Å². The summed E-state index contributed by atoms with van der Waals surface area (Å²) < 4.78 is 26.2. The van der Waals surface area contributed by atoms with Crippen LogP contribution in [0.25, 0.3) is 0 Å². The number of benzene rings is 1. The number of rotatable bonds is 7. The molecule has 0 saturated carbocycles. The molecule has 0 aliphatic heterocycles. The summed E-state index contributed by atoms with van der Waals surface area (Å²) >= 11 is 1.56. The summed E-state index contributed by atoms with van der Waals surface area (Å²) in [7, 11) is -3.54. The van der Waals surface area contributed by atoms with E-state index in [0.717, 1.165) is 4.88 Å². The Morgan fingerprint density at radius 2 is 1.86 bits per heavy atom. The molecule has 0 unspecified atom stereocenters. The third kappa shape index (κ3) is 4.96. The Bertz CT molecular complexity index is 668. The van der Waals surface area contributed by atoms with Crippen LogP contribution in [-0.2, 0) is 21.4 Å². The fourth-order valence-electron chi connectivity index (χ4n) is 1.67. The topological polar surface area (TPSA) is 75.3 Å². The lowest BCUT2D eigenvalue weighted by Crippen LogP contribution is -2.30. The summed E-state index contributed by atoms with van der Waals surface area (Å²) in [4.78, 5) is 12.9. The smallest absolute Gasteiger partial charge is 0.240 e. The van der Waals surface area contributed by atoms with E-state index in [4.69, 9.17) is 0 Å². The van der Waals surface area contributed by atoms with E-state index in [2.05, 4.69) is 10.0 Å². The highest BCUT2D eigenvalue weighted by atomic mass is 32.2. The summed E-state index contributed by atoms with van der Waals surface area (Å²) in [5.41, 5.74) is 0. The minimum Gasteiger partial charge on any atom is -0.351 e. The summed E-state index contributed by atoms with van der Waals surface area (Å²) in [6.07, 6.45) is 0.109. The van der Waals surface area contributed by atoms with E-state index in [1.165, 1.54) is 12.1 Å². The molecule has 0 atom stereocenters. The molecule has 5 nitrogen and oxygen atoms in total. The standard InChI is InChI=1S/C14H16N2O3S2/c17-14(15-11-12-5-4-10-20-12)8-9-16-21(18,19)13-6-2-1-3-7-13/h1-7,10,16H,8-9,11H2,(H,15,17). The van der Waals surface area contributed by atoms with Crippen LogP contribution in [0.3, 0.4) is 0 Å². The zero-order chi connectivity index (χ0) is 15.1. The SMILES string of the molecule is O=C(CCNS(=O)(=O)c1ccccc1)NCc1cccs1. The molecular weight excluding hydrogens is 308 g/mol. The Hall–Kier alpha value is -1.70. The molecule has 0 fully saturated rings. The summed E-state index contributed by atoms with van der Waals surface area (Å²) in [6.45, 7) is 0.551. The molecule has 112 valence electrons. The molecule has 1 heterocycles. The summed E-state index contributed by atoms with van der Waals surface area (Å²) in [5.74, 6) is -0.181. The predicted molar refractivity (Wildman–Crippen MR) is 82.4 cm³/mol. The van der Waals surface area contributed by atoms with Gasteiger partial charge < -0.3 is 5.32 Å². The lowest BCUT2D eigenvalue weighted by molar-refractivity contribution is -0.121. The molecule has 1 aromatic heterocycles. The van der Waals surface area contributed by atoms with Crippen LogP contribution >= 0.6 is 11.3 Å². The molecule has 2 rings (SSSR count). The van der Waals surface area contributed by atoms with Crippen molar-refractivity contribution in [3.63, 3.8) is 0 Å². The van der Waals surface area contributed by atoms with Gasteiger partial charge in [-0.1, -0.05) is 24.3 Å². The van der Waals surface area contributed by atoms with Gasteiger partial charge in [0.15, 0.2) is 0 Å². The van der Waals surface area contributed by atoms with Crippen LogP contribution in [0.4, 0.5) is 0 Å². The first-order valence-electron chi connectivity index (χ1n) is 6.42. The highest BCUT2D eigenvalue weighted by Gasteiger charge is 2.13. The molecule has 0 aliphatic carbocycles. The monoisotopic (exact) mass is 324 g/mol. The Kier molecular flexibility index (Phi) is 5.49. The van der Waals surface area contributed by atoms with Gasteiger partial charge in [0.25, 0.3) is 0 Å².